The fourth-order valence-electron chi connectivity index (χ4n) is 3.93. The molecule has 1 N–H and O–H groups in total. The highest BCUT2D eigenvalue weighted by atomic mass is 19.1. The molecule has 1 amide bonds. The van der Waals surface area contributed by atoms with Crippen molar-refractivity contribution in [3.8, 4) is 11.1 Å². The zero-order chi connectivity index (χ0) is 24.6. The summed E-state index contributed by atoms with van der Waals surface area (Å²) in [6, 6.07) is 4.98. The minimum Gasteiger partial charge on any atom is -0.444 e. The second kappa shape index (κ2) is 9.12. The van der Waals surface area contributed by atoms with E-state index in [9.17, 15) is 18.0 Å². The molecule has 1 aliphatic heterocycles. The standard InChI is InChI=1S/C25H27F3N4O2/c1-14-5-6-18(26)21(22(14)28)17-11-15-13-29-23(31-20(15)12-19(17)27)30-16-7-9-32(10-8-16)24(33)34-25(2,3)4/h5-6,11-13,16H,7-10H2,1-4H3,(H,29,30,31). The quantitative estimate of drug-likeness (QED) is 0.519. The number of rotatable bonds is 3. The third-order valence-corrected chi connectivity index (χ3v) is 5.70. The average Bonchev–Trinajstić information content (AvgIpc) is 2.76. The number of hydrogen-bond donors (Lipinski definition) is 1. The summed E-state index contributed by atoms with van der Waals surface area (Å²) in [6.07, 6.45) is 2.52. The summed E-state index contributed by atoms with van der Waals surface area (Å²) in [6.45, 7) is 8.05. The van der Waals surface area contributed by atoms with E-state index >= 15 is 0 Å². The number of nitrogens with one attached hydrogen (secondary N) is 1. The van der Waals surface area contributed by atoms with Crippen molar-refractivity contribution in [2.45, 2.75) is 52.2 Å². The molecule has 0 spiro atoms. The number of carbonyl (C=O) groups excluding carboxylic acids is 1. The first kappa shape index (κ1) is 23.8. The van der Waals surface area contributed by atoms with Crippen LogP contribution in [0.4, 0.5) is 23.9 Å². The lowest BCUT2D eigenvalue weighted by atomic mass is 10.00. The van der Waals surface area contributed by atoms with Gasteiger partial charge in [0, 0.05) is 42.3 Å². The number of aromatic nitrogens is 2. The van der Waals surface area contributed by atoms with Crippen LogP contribution in [0.5, 0.6) is 0 Å². The molecule has 0 aliphatic carbocycles. The van der Waals surface area contributed by atoms with Gasteiger partial charge in [0.25, 0.3) is 0 Å². The Morgan fingerprint density at radius 2 is 1.82 bits per heavy atom. The summed E-state index contributed by atoms with van der Waals surface area (Å²) in [7, 11) is 0. The first-order valence-electron chi connectivity index (χ1n) is 11.2. The van der Waals surface area contributed by atoms with Crippen molar-refractivity contribution >= 4 is 22.9 Å². The molecule has 1 aliphatic rings. The maximum absolute atomic E-state index is 14.9. The van der Waals surface area contributed by atoms with Crippen LogP contribution in [0.25, 0.3) is 22.0 Å². The number of anilines is 1. The van der Waals surface area contributed by atoms with Gasteiger partial charge in [-0.2, -0.15) is 0 Å². The van der Waals surface area contributed by atoms with E-state index in [0.717, 1.165) is 12.1 Å². The van der Waals surface area contributed by atoms with E-state index in [2.05, 4.69) is 15.3 Å². The van der Waals surface area contributed by atoms with Crippen LogP contribution in [0.1, 0.15) is 39.2 Å². The van der Waals surface area contributed by atoms with Crippen LogP contribution >= 0.6 is 0 Å². The third kappa shape index (κ3) is 5.08. The minimum atomic E-state index is -0.835. The Kier molecular flexibility index (Phi) is 6.38. The van der Waals surface area contributed by atoms with Crippen molar-refractivity contribution in [1.82, 2.24) is 14.9 Å². The monoisotopic (exact) mass is 472 g/mol. The number of aryl methyl sites for hydroxylation is 1. The SMILES string of the molecule is Cc1ccc(F)c(-c2cc3cnc(NC4CCN(C(=O)OC(C)(C)C)CC4)nc3cc2F)c1F. The lowest BCUT2D eigenvalue weighted by molar-refractivity contribution is 0.0210. The van der Waals surface area contributed by atoms with Crippen molar-refractivity contribution in [1.29, 1.82) is 0 Å². The molecule has 180 valence electrons. The lowest BCUT2D eigenvalue weighted by Crippen LogP contribution is -2.44. The molecule has 4 rings (SSSR count). The molecule has 0 unspecified atom stereocenters. The number of likely N-dealkylation sites (tertiary alicyclic amines) is 1. The van der Waals surface area contributed by atoms with Gasteiger partial charge in [-0.15, -0.1) is 0 Å². The van der Waals surface area contributed by atoms with Crippen molar-refractivity contribution < 1.29 is 22.7 Å². The molecule has 1 saturated heterocycles. The molecular formula is C25H27F3N4O2. The third-order valence-electron chi connectivity index (χ3n) is 5.70. The Labute approximate surface area is 196 Å². The van der Waals surface area contributed by atoms with E-state index < -0.39 is 28.6 Å². The van der Waals surface area contributed by atoms with Gasteiger partial charge < -0.3 is 15.0 Å². The number of ether oxygens (including phenoxy) is 1. The molecular weight excluding hydrogens is 445 g/mol. The lowest BCUT2D eigenvalue weighted by Gasteiger charge is -2.33. The van der Waals surface area contributed by atoms with E-state index in [1.807, 2.05) is 20.8 Å². The van der Waals surface area contributed by atoms with Crippen LogP contribution in [0, 0.1) is 24.4 Å². The molecule has 2 heterocycles. The number of halogens is 3. The zero-order valence-corrected chi connectivity index (χ0v) is 19.6. The van der Waals surface area contributed by atoms with Gasteiger partial charge in [0.1, 0.15) is 23.1 Å². The number of fused-ring (bicyclic) bond motifs is 1. The van der Waals surface area contributed by atoms with Crippen molar-refractivity contribution in [3.63, 3.8) is 0 Å². The summed E-state index contributed by atoms with van der Waals surface area (Å²) < 4.78 is 49.1. The van der Waals surface area contributed by atoms with Crippen LogP contribution in [-0.2, 0) is 4.74 Å². The number of carbonyl (C=O) groups is 1. The molecule has 0 bridgehead atoms. The fraction of sp³-hybridized carbons (Fsp3) is 0.400. The molecule has 0 saturated carbocycles. The van der Waals surface area contributed by atoms with E-state index in [1.165, 1.54) is 25.3 Å². The first-order valence-corrected chi connectivity index (χ1v) is 11.2. The van der Waals surface area contributed by atoms with E-state index in [0.29, 0.717) is 42.8 Å². The van der Waals surface area contributed by atoms with Gasteiger partial charge in [0.2, 0.25) is 5.95 Å². The molecule has 6 nitrogen and oxygen atoms in total. The number of nitrogens with zero attached hydrogens (tertiary/aromatic N) is 3. The largest absolute Gasteiger partial charge is 0.444 e. The molecule has 9 heteroatoms. The van der Waals surface area contributed by atoms with Gasteiger partial charge in [-0.1, -0.05) is 6.07 Å². The summed E-state index contributed by atoms with van der Waals surface area (Å²) in [5.41, 5.74) is -0.580. The Balaban J connectivity index is 1.49. The second-order valence-electron chi connectivity index (χ2n) is 9.52. The molecule has 1 fully saturated rings. The fourth-order valence-corrected chi connectivity index (χ4v) is 3.93. The number of benzene rings is 2. The Bertz CT molecular complexity index is 1240. The van der Waals surface area contributed by atoms with Crippen molar-refractivity contribution in [3.05, 3.63) is 53.5 Å². The van der Waals surface area contributed by atoms with Crippen molar-refractivity contribution in [2.24, 2.45) is 0 Å². The molecule has 0 radical (unpaired) electrons. The predicted octanol–water partition coefficient (Wildman–Crippen LogP) is 5.83. The number of amides is 1. The highest BCUT2D eigenvalue weighted by molar-refractivity contribution is 5.85. The molecule has 3 aromatic rings. The maximum atomic E-state index is 14.9. The molecule has 34 heavy (non-hydrogen) atoms. The summed E-state index contributed by atoms with van der Waals surface area (Å²) in [5.74, 6) is -2.08. The van der Waals surface area contributed by atoms with Crippen LogP contribution in [0.15, 0.2) is 30.5 Å². The van der Waals surface area contributed by atoms with E-state index in [1.54, 1.807) is 4.90 Å². The average molecular weight is 473 g/mol. The Morgan fingerprint density at radius 1 is 1.12 bits per heavy atom. The number of piperidine rings is 1. The topological polar surface area (TPSA) is 67.4 Å². The Hall–Kier alpha value is -3.36. The van der Waals surface area contributed by atoms with E-state index in [-0.39, 0.29) is 23.3 Å². The van der Waals surface area contributed by atoms with Crippen molar-refractivity contribution in [2.75, 3.05) is 18.4 Å². The predicted molar refractivity (Wildman–Crippen MR) is 124 cm³/mol. The van der Waals surface area contributed by atoms with Gasteiger partial charge in [0.15, 0.2) is 0 Å². The smallest absolute Gasteiger partial charge is 0.410 e. The normalized spacial score (nSPS) is 15.0. The summed E-state index contributed by atoms with van der Waals surface area (Å²) in [5, 5.41) is 3.69. The summed E-state index contributed by atoms with van der Waals surface area (Å²) >= 11 is 0. The van der Waals surface area contributed by atoms with Gasteiger partial charge in [-0.05, 0) is 58.2 Å². The molecule has 1 aromatic heterocycles. The molecule has 0 atom stereocenters. The first-order chi connectivity index (χ1) is 16.0. The maximum Gasteiger partial charge on any atom is 0.410 e. The van der Waals surface area contributed by atoms with Crippen LogP contribution in [0.2, 0.25) is 0 Å². The van der Waals surface area contributed by atoms with Crippen LogP contribution in [-0.4, -0.2) is 45.7 Å². The van der Waals surface area contributed by atoms with Gasteiger partial charge >= 0.3 is 6.09 Å². The minimum absolute atomic E-state index is 0.0377. The highest BCUT2D eigenvalue weighted by Gasteiger charge is 2.27. The number of hydrogen-bond acceptors (Lipinski definition) is 5. The van der Waals surface area contributed by atoms with Gasteiger partial charge in [0.05, 0.1) is 11.1 Å². The zero-order valence-electron chi connectivity index (χ0n) is 19.6. The van der Waals surface area contributed by atoms with E-state index in [4.69, 9.17) is 4.74 Å². The van der Waals surface area contributed by atoms with Gasteiger partial charge in [-0.25, -0.2) is 27.9 Å². The highest BCUT2D eigenvalue weighted by Crippen LogP contribution is 2.32. The Morgan fingerprint density at radius 3 is 2.50 bits per heavy atom. The van der Waals surface area contributed by atoms with Crippen LogP contribution < -0.4 is 5.32 Å². The summed E-state index contributed by atoms with van der Waals surface area (Å²) in [4.78, 5) is 22.6. The molecule has 2 aromatic carbocycles. The second-order valence-corrected chi connectivity index (χ2v) is 9.52. The van der Waals surface area contributed by atoms with Gasteiger partial charge in [-0.3, -0.25) is 0 Å². The van der Waals surface area contributed by atoms with Crippen LogP contribution in [0.3, 0.4) is 0 Å².